The number of allylic oxidation sites excluding steroid dienone is 1. The summed E-state index contributed by atoms with van der Waals surface area (Å²) in [5.41, 5.74) is 5.24. The van der Waals surface area contributed by atoms with Gasteiger partial charge in [-0.3, -0.25) is 24.2 Å². The molecule has 8 unspecified atom stereocenters. The van der Waals surface area contributed by atoms with Gasteiger partial charge in [-0.1, -0.05) is 42.2 Å². The highest BCUT2D eigenvalue weighted by Crippen LogP contribution is 2.40. The number of hydroxylamine groups is 2. The van der Waals surface area contributed by atoms with Crippen LogP contribution in [0.2, 0.25) is 0 Å². The molecule has 4 aromatic rings. The molecule has 332 valence electrons. The zero-order valence-corrected chi connectivity index (χ0v) is 34.5. The zero-order valence-electron chi connectivity index (χ0n) is 34.5. The van der Waals surface area contributed by atoms with E-state index in [0.717, 1.165) is 47.9 Å². The summed E-state index contributed by atoms with van der Waals surface area (Å²) in [4.78, 5) is 50.7. The first-order valence-corrected chi connectivity index (χ1v) is 20.8. The van der Waals surface area contributed by atoms with E-state index in [1.165, 1.54) is 41.7 Å². The number of aliphatic hydroxyl groups excluding tert-OH is 4. The van der Waals surface area contributed by atoms with Crippen LogP contribution in [0.25, 0.3) is 27.8 Å². The van der Waals surface area contributed by atoms with Gasteiger partial charge in [-0.2, -0.15) is 0 Å². The highest BCUT2D eigenvalue weighted by atomic mass is 16.8. The lowest BCUT2D eigenvalue weighted by molar-refractivity contribution is -0.344. The summed E-state index contributed by atoms with van der Waals surface area (Å²) in [6.07, 6.45) is -3.32. The van der Waals surface area contributed by atoms with E-state index in [0.29, 0.717) is 17.0 Å². The highest BCUT2D eigenvalue weighted by molar-refractivity contribution is 5.95. The van der Waals surface area contributed by atoms with E-state index in [1.54, 1.807) is 18.3 Å². The third kappa shape index (κ3) is 9.12. The van der Waals surface area contributed by atoms with Gasteiger partial charge < -0.3 is 54.6 Å². The molecule has 17 heteroatoms. The van der Waals surface area contributed by atoms with Gasteiger partial charge in [-0.05, 0) is 81.1 Å². The summed E-state index contributed by atoms with van der Waals surface area (Å²) >= 11 is 0. The number of aromatic hydroxyl groups is 1. The summed E-state index contributed by atoms with van der Waals surface area (Å²) in [7, 11) is 0. The maximum atomic E-state index is 13.6. The quantitative estimate of drug-likeness (QED) is 0.0514. The van der Waals surface area contributed by atoms with Crippen LogP contribution in [0.3, 0.4) is 0 Å². The van der Waals surface area contributed by atoms with Gasteiger partial charge in [0.25, 0.3) is 0 Å². The first-order valence-electron chi connectivity index (χ1n) is 20.8. The lowest BCUT2D eigenvalue weighted by Gasteiger charge is -2.44. The van der Waals surface area contributed by atoms with Crippen LogP contribution < -0.4 is 15.5 Å². The number of nitrogens with zero attached hydrogens (tertiary/aromatic N) is 2. The Kier molecular flexibility index (Phi) is 12.8. The van der Waals surface area contributed by atoms with Crippen LogP contribution in [0.15, 0.2) is 98.5 Å². The number of phenols is 1. The third-order valence-electron chi connectivity index (χ3n) is 11.8. The van der Waals surface area contributed by atoms with Gasteiger partial charge in [0.2, 0.25) is 12.6 Å². The predicted molar refractivity (Wildman–Crippen MR) is 226 cm³/mol. The molecule has 1 aromatic heterocycles. The van der Waals surface area contributed by atoms with Crippen molar-refractivity contribution in [3.63, 3.8) is 0 Å². The maximum absolute atomic E-state index is 13.6. The van der Waals surface area contributed by atoms with Gasteiger partial charge in [-0.15, -0.1) is 0 Å². The minimum Gasteiger partial charge on any atom is -0.508 e. The Balaban J connectivity index is 1.10. The van der Waals surface area contributed by atoms with Crippen LogP contribution in [0.1, 0.15) is 48.8 Å². The molecule has 63 heavy (non-hydrogen) atoms. The lowest BCUT2D eigenvalue weighted by atomic mass is 9.95. The van der Waals surface area contributed by atoms with Gasteiger partial charge >= 0.3 is 11.9 Å². The molecule has 2 fully saturated rings. The topological polar surface area (TPSA) is 250 Å². The van der Waals surface area contributed by atoms with Crippen LogP contribution in [0.5, 0.6) is 11.5 Å². The van der Waals surface area contributed by atoms with Crippen molar-refractivity contribution in [2.75, 3.05) is 13.2 Å². The van der Waals surface area contributed by atoms with Crippen molar-refractivity contribution >= 4 is 34.8 Å². The number of carboxylic acid groups (broad SMARTS) is 1. The van der Waals surface area contributed by atoms with Gasteiger partial charge in [0.05, 0.1) is 28.9 Å². The van der Waals surface area contributed by atoms with Crippen LogP contribution in [0.4, 0.5) is 0 Å². The number of phenolic OH excluding ortho intramolecular Hbond substituents is 1. The Morgan fingerprint density at radius 2 is 1.71 bits per heavy atom. The first-order chi connectivity index (χ1) is 30.3. The van der Waals surface area contributed by atoms with E-state index in [-0.39, 0.29) is 52.5 Å². The number of esters is 1. The van der Waals surface area contributed by atoms with Crippen molar-refractivity contribution in [2.24, 2.45) is 10.9 Å². The Morgan fingerprint density at radius 3 is 2.41 bits per heavy atom. The van der Waals surface area contributed by atoms with Crippen molar-refractivity contribution < 1.29 is 63.7 Å². The van der Waals surface area contributed by atoms with E-state index in [4.69, 9.17) is 23.5 Å². The number of carboxylic acids is 1. The number of aliphatic hydroxyl groups is 4. The normalized spacial score (nSPS) is 23.7. The Bertz CT molecular complexity index is 2490. The molecule has 8 rings (SSSR count). The van der Waals surface area contributed by atoms with Crippen LogP contribution in [-0.4, -0.2) is 116 Å². The predicted octanol–water partition coefficient (Wildman–Crippen LogP) is 3.45. The number of fused-ring (bicyclic) bond motifs is 2. The standard InChI is InChI=1S/C46H49N3O14/c1-23-17-24(2)19-27(18-23)37-36-26(13-15-47-36)21-49(37)63-42-40(54)39(53)41(45(58)62-44(57)35(43(55)56)33(14-16-50)48-28-5-3-4-6-28)61-46(42)60-30-11-12-31-34(20-30)59-22-32(38(31)52)25-7-9-29(51)10-8-25/h7-13,15,17-20,22,28,33,35,39-42,45-46,48,50-51,53-54,58H,3-6,14,16,21H2,1-2H3,(H,55,56). The summed E-state index contributed by atoms with van der Waals surface area (Å²) in [5, 5.41) is 69.3. The van der Waals surface area contributed by atoms with Crippen molar-refractivity contribution in [1.82, 2.24) is 10.4 Å². The molecule has 7 N–H and O–H groups in total. The smallest absolute Gasteiger partial charge is 0.324 e. The molecule has 3 aromatic carbocycles. The molecule has 0 radical (unpaired) electrons. The lowest BCUT2D eigenvalue weighted by Crippen LogP contribution is -2.64. The molecule has 1 aliphatic carbocycles. The number of hydrogen-bond acceptors (Lipinski definition) is 16. The fourth-order valence-electron chi connectivity index (χ4n) is 8.72. The number of aliphatic imine (C=N–C) groups is 1. The van der Waals surface area contributed by atoms with E-state index in [9.17, 15) is 45.0 Å². The second-order valence-electron chi connectivity index (χ2n) is 16.3. The minimum absolute atomic E-state index is 0.0304. The van der Waals surface area contributed by atoms with Gasteiger partial charge in [0.1, 0.15) is 35.6 Å². The van der Waals surface area contributed by atoms with Crippen molar-refractivity contribution in [3.05, 3.63) is 111 Å². The molecule has 1 saturated heterocycles. The third-order valence-corrected chi connectivity index (χ3v) is 11.8. The molecule has 1 saturated carbocycles. The highest BCUT2D eigenvalue weighted by Gasteiger charge is 2.52. The van der Waals surface area contributed by atoms with Crippen LogP contribution in [0, 0.1) is 19.8 Å². The zero-order chi connectivity index (χ0) is 44.5. The molecule has 17 nitrogen and oxygen atoms in total. The molecule has 8 atom stereocenters. The SMILES string of the molecule is Cc1cc(C)cc(C2=C3N=CC=C3CN2OC2C(Oc3ccc4c(=O)c(-c5ccc(O)cc5)coc4c3)OC(C(O)OC(=O)C(C(=O)O)C(CCO)NC3CCCC3)C(O)C2O)c1. The molecule has 0 bridgehead atoms. The molecule has 0 amide bonds. The number of benzene rings is 3. The molecular formula is C46H49N3O14. The summed E-state index contributed by atoms with van der Waals surface area (Å²) in [6.45, 7) is 3.65. The average molecular weight is 868 g/mol. The van der Waals surface area contributed by atoms with Gasteiger partial charge in [0.15, 0.2) is 23.6 Å². The fourth-order valence-corrected chi connectivity index (χ4v) is 8.72. The first kappa shape index (κ1) is 43.7. The van der Waals surface area contributed by atoms with E-state index in [2.05, 4.69) is 10.3 Å². The number of aryl methyl sites for hydroxylation is 2. The molecule has 4 aliphatic rings. The number of nitrogens with one attached hydrogen (secondary N) is 1. The van der Waals surface area contributed by atoms with E-state index >= 15 is 0 Å². The van der Waals surface area contributed by atoms with Gasteiger partial charge in [0, 0.05) is 42.1 Å². The van der Waals surface area contributed by atoms with E-state index in [1.807, 2.05) is 38.1 Å². The molecule has 3 aliphatic heterocycles. The molecule has 0 spiro atoms. The van der Waals surface area contributed by atoms with Crippen molar-refractivity contribution in [1.29, 1.82) is 0 Å². The summed E-state index contributed by atoms with van der Waals surface area (Å²) in [6, 6.07) is 15.1. The van der Waals surface area contributed by atoms with Crippen LogP contribution >= 0.6 is 0 Å². The number of carbonyl (C=O) groups is 2. The van der Waals surface area contributed by atoms with E-state index < -0.39 is 67.5 Å². The van der Waals surface area contributed by atoms with Gasteiger partial charge in [-0.25, -0.2) is 5.06 Å². The second-order valence-corrected chi connectivity index (χ2v) is 16.3. The number of ether oxygens (including phenoxy) is 3. The Morgan fingerprint density at radius 1 is 0.984 bits per heavy atom. The Hall–Kier alpha value is -5.92. The summed E-state index contributed by atoms with van der Waals surface area (Å²) < 4.78 is 23.5. The van der Waals surface area contributed by atoms with Crippen molar-refractivity contribution in [3.8, 4) is 22.6 Å². The average Bonchev–Trinajstić information content (AvgIpc) is 4.00. The minimum atomic E-state index is -2.33. The van der Waals surface area contributed by atoms with Crippen LogP contribution in [-0.2, 0) is 23.9 Å². The number of rotatable bonds is 15. The largest absolute Gasteiger partial charge is 0.508 e. The Labute approximate surface area is 361 Å². The molecule has 4 heterocycles. The number of aliphatic carboxylic acids is 1. The molecular weight excluding hydrogens is 819 g/mol. The number of carbonyl (C=O) groups excluding carboxylic acids is 1. The monoisotopic (exact) mass is 867 g/mol. The second kappa shape index (κ2) is 18.4. The number of hydrogen-bond donors (Lipinski definition) is 7. The fraction of sp³-hybridized carbons (Fsp3) is 0.391. The van der Waals surface area contributed by atoms with Crippen molar-refractivity contribution in [2.45, 2.75) is 95.0 Å². The summed E-state index contributed by atoms with van der Waals surface area (Å²) in [5.74, 6) is -4.70. The maximum Gasteiger partial charge on any atom is 0.324 e.